The first-order chi connectivity index (χ1) is 10.7. The molecule has 2 nitrogen and oxygen atoms in total. The molecule has 1 aliphatic carbocycles. The van der Waals surface area contributed by atoms with Crippen molar-refractivity contribution in [3.8, 4) is 0 Å². The largest absolute Gasteiger partial charge is 0.466 e. The molecular weight excluding hydrogens is 279 g/mol. The molecule has 1 aliphatic rings. The lowest BCUT2D eigenvalue weighted by Crippen LogP contribution is -2.13. The van der Waals surface area contributed by atoms with Crippen LogP contribution in [0.2, 0.25) is 0 Å². The van der Waals surface area contributed by atoms with Gasteiger partial charge in [0.05, 0.1) is 13.0 Å². The van der Waals surface area contributed by atoms with Crippen molar-refractivity contribution in [3.05, 3.63) is 70.5 Å². The molecule has 0 bridgehead atoms. The zero-order valence-electron chi connectivity index (χ0n) is 12.6. The van der Waals surface area contributed by atoms with Crippen LogP contribution in [-0.2, 0) is 22.4 Å². The molecule has 0 aliphatic heterocycles. The second kappa shape index (κ2) is 6.30. The van der Waals surface area contributed by atoms with Crippen molar-refractivity contribution in [1.82, 2.24) is 0 Å². The van der Waals surface area contributed by atoms with Crippen LogP contribution in [0.15, 0.2) is 42.5 Å². The van der Waals surface area contributed by atoms with Gasteiger partial charge in [0.2, 0.25) is 0 Å². The number of halogens is 1. The van der Waals surface area contributed by atoms with Crippen LogP contribution in [0.5, 0.6) is 0 Å². The first-order valence-corrected chi connectivity index (χ1v) is 7.70. The monoisotopic (exact) mass is 298 g/mol. The third kappa shape index (κ3) is 2.89. The lowest BCUT2D eigenvalue weighted by atomic mass is 9.85. The average Bonchev–Trinajstić information content (AvgIpc) is 2.65. The fraction of sp³-hybridized carbons (Fsp3) is 0.316. The molecule has 114 valence electrons. The predicted octanol–water partition coefficient (Wildman–Crippen LogP) is 4.01. The molecule has 0 spiro atoms. The average molecular weight is 298 g/mol. The Morgan fingerprint density at radius 1 is 1.14 bits per heavy atom. The number of hydrogen-bond acceptors (Lipinski definition) is 2. The second-order valence-corrected chi connectivity index (χ2v) is 5.60. The minimum Gasteiger partial charge on any atom is -0.466 e. The van der Waals surface area contributed by atoms with Crippen LogP contribution in [0.4, 0.5) is 4.39 Å². The van der Waals surface area contributed by atoms with Gasteiger partial charge in [-0.05, 0) is 54.2 Å². The Balaban J connectivity index is 2.06. The summed E-state index contributed by atoms with van der Waals surface area (Å²) in [5, 5.41) is 0. The summed E-state index contributed by atoms with van der Waals surface area (Å²) in [4.78, 5) is 12.0. The van der Waals surface area contributed by atoms with E-state index < -0.39 is 0 Å². The molecule has 0 saturated heterocycles. The van der Waals surface area contributed by atoms with Crippen LogP contribution < -0.4 is 0 Å². The van der Waals surface area contributed by atoms with Gasteiger partial charge in [-0.1, -0.05) is 30.3 Å². The highest BCUT2D eigenvalue weighted by Gasteiger charge is 2.26. The molecule has 0 amide bonds. The Bertz CT molecular complexity index is 694. The predicted molar refractivity (Wildman–Crippen MR) is 83.3 cm³/mol. The van der Waals surface area contributed by atoms with Gasteiger partial charge in [-0.25, -0.2) is 4.39 Å². The topological polar surface area (TPSA) is 26.3 Å². The Labute approximate surface area is 129 Å². The molecule has 0 heterocycles. The summed E-state index contributed by atoms with van der Waals surface area (Å²) in [5.41, 5.74) is 4.42. The Hall–Kier alpha value is -2.16. The molecule has 0 fully saturated rings. The van der Waals surface area contributed by atoms with Gasteiger partial charge in [0.25, 0.3) is 0 Å². The molecule has 3 rings (SSSR count). The van der Waals surface area contributed by atoms with Crippen molar-refractivity contribution < 1.29 is 13.9 Å². The van der Waals surface area contributed by atoms with Crippen molar-refractivity contribution in [1.29, 1.82) is 0 Å². The van der Waals surface area contributed by atoms with Crippen LogP contribution in [0.3, 0.4) is 0 Å². The highest BCUT2D eigenvalue weighted by atomic mass is 19.1. The van der Waals surface area contributed by atoms with Crippen molar-refractivity contribution >= 4 is 5.97 Å². The maximum absolute atomic E-state index is 13.6. The molecule has 22 heavy (non-hydrogen) atoms. The van der Waals surface area contributed by atoms with Crippen molar-refractivity contribution in [2.75, 3.05) is 6.61 Å². The highest BCUT2D eigenvalue weighted by Crippen LogP contribution is 2.36. The normalized spacial score (nSPS) is 16.4. The summed E-state index contributed by atoms with van der Waals surface area (Å²) in [6.45, 7) is 2.19. The maximum atomic E-state index is 13.6. The molecular formula is C19H19FO2. The van der Waals surface area contributed by atoms with Gasteiger partial charge in [0, 0.05) is 5.92 Å². The van der Waals surface area contributed by atoms with Gasteiger partial charge in [-0.3, -0.25) is 4.79 Å². The van der Waals surface area contributed by atoms with Gasteiger partial charge in [-0.15, -0.1) is 0 Å². The number of aryl methyl sites for hydroxylation is 2. The first kappa shape index (κ1) is 14.8. The van der Waals surface area contributed by atoms with E-state index in [1.165, 1.54) is 11.6 Å². The summed E-state index contributed by atoms with van der Waals surface area (Å²) in [6, 6.07) is 13.1. The van der Waals surface area contributed by atoms with Crippen LogP contribution in [0, 0.1) is 5.82 Å². The van der Waals surface area contributed by atoms with Gasteiger partial charge in [0.15, 0.2) is 0 Å². The summed E-state index contributed by atoms with van der Waals surface area (Å²) in [7, 11) is 0. The number of ether oxygens (including phenoxy) is 1. The van der Waals surface area contributed by atoms with E-state index in [2.05, 4.69) is 12.1 Å². The molecule has 2 aromatic rings. The van der Waals surface area contributed by atoms with Gasteiger partial charge in [-0.2, -0.15) is 0 Å². The molecule has 3 heteroatoms. The minimum absolute atomic E-state index is 0.0617. The number of carbonyl (C=O) groups excluding carboxylic acids is 1. The Morgan fingerprint density at radius 3 is 2.68 bits per heavy atom. The summed E-state index contributed by atoms with van der Waals surface area (Å²) in [5.74, 6) is -0.493. The molecule has 1 unspecified atom stereocenters. The number of benzene rings is 2. The maximum Gasteiger partial charge on any atom is 0.306 e. The van der Waals surface area contributed by atoms with E-state index in [1.807, 2.05) is 25.1 Å². The fourth-order valence-corrected chi connectivity index (χ4v) is 3.28. The molecule has 0 saturated carbocycles. The summed E-state index contributed by atoms with van der Waals surface area (Å²) >= 11 is 0. The molecule has 0 aromatic heterocycles. The molecule has 2 aromatic carbocycles. The second-order valence-electron chi connectivity index (χ2n) is 5.60. The first-order valence-electron chi connectivity index (χ1n) is 7.70. The zero-order valence-corrected chi connectivity index (χ0v) is 12.6. The number of carbonyl (C=O) groups is 1. The quantitative estimate of drug-likeness (QED) is 0.800. The number of esters is 1. The van der Waals surface area contributed by atoms with E-state index >= 15 is 0 Å². The third-order valence-corrected chi connectivity index (χ3v) is 4.25. The van der Waals surface area contributed by atoms with E-state index in [1.54, 1.807) is 6.07 Å². The fourth-order valence-electron chi connectivity index (χ4n) is 3.28. The van der Waals surface area contributed by atoms with Crippen LogP contribution >= 0.6 is 0 Å². The smallest absolute Gasteiger partial charge is 0.306 e. The van der Waals surface area contributed by atoms with E-state index in [0.717, 1.165) is 29.5 Å². The van der Waals surface area contributed by atoms with Crippen LogP contribution in [0.1, 0.15) is 41.5 Å². The van der Waals surface area contributed by atoms with Crippen molar-refractivity contribution in [2.24, 2.45) is 0 Å². The minimum atomic E-state index is -0.223. The Morgan fingerprint density at radius 2 is 1.86 bits per heavy atom. The SMILES string of the molecule is CCOC(=O)CC1c2ccccc2CCc2cc(F)ccc21. The standard InChI is InChI=1S/C19H19FO2/c1-2-22-19(21)12-18-16-6-4-3-5-13(16)7-8-14-11-15(20)9-10-17(14)18/h3-6,9-11,18H,2,7-8,12H2,1H3. The Kier molecular flexibility index (Phi) is 4.23. The van der Waals surface area contributed by atoms with Gasteiger partial charge >= 0.3 is 5.97 Å². The van der Waals surface area contributed by atoms with Crippen molar-refractivity contribution in [3.63, 3.8) is 0 Å². The van der Waals surface area contributed by atoms with Gasteiger partial charge < -0.3 is 4.74 Å². The number of rotatable bonds is 3. The van der Waals surface area contributed by atoms with E-state index in [-0.39, 0.29) is 17.7 Å². The lowest BCUT2D eigenvalue weighted by molar-refractivity contribution is -0.143. The summed E-state index contributed by atoms with van der Waals surface area (Å²) in [6.07, 6.45) is 1.96. The third-order valence-electron chi connectivity index (χ3n) is 4.25. The van der Waals surface area contributed by atoms with E-state index in [0.29, 0.717) is 13.0 Å². The van der Waals surface area contributed by atoms with Gasteiger partial charge in [0.1, 0.15) is 5.82 Å². The molecule has 0 N–H and O–H groups in total. The van der Waals surface area contributed by atoms with E-state index in [4.69, 9.17) is 4.74 Å². The van der Waals surface area contributed by atoms with Crippen LogP contribution in [0.25, 0.3) is 0 Å². The number of fused-ring (bicyclic) bond motifs is 2. The summed E-state index contributed by atoms with van der Waals surface area (Å²) < 4.78 is 18.7. The molecule has 1 atom stereocenters. The van der Waals surface area contributed by atoms with E-state index in [9.17, 15) is 9.18 Å². The van der Waals surface area contributed by atoms with Crippen molar-refractivity contribution in [2.45, 2.75) is 32.1 Å². The molecule has 0 radical (unpaired) electrons. The number of hydrogen-bond donors (Lipinski definition) is 0. The van der Waals surface area contributed by atoms with Crippen LogP contribution in [-0.4, -0.2) is 12.6 Å². The highest BCUT2D eigenvalue weighted by molar-refractivity contribution is 5.72. The lowest BCUT2D eigenvalue weighted by Gasteiger charge is -2.19. The zero-order chi connectivity index (χ0) is 15.5.